The van der Waals surface area contributed by atoms with Gasteiger partial charge < -0.3 is 14.2 Å². The van der Waals surface area contributed by atoms with E-state index in [1.165, 1.54) is 12.0 Å². The third kappa shape index (κ3) is 6.45. The van der Waals surface area contributed by atoms with Gasteiger partial charge in [-0.1, -0.05) is 68.4 Å². The lowest BCUT2D eigenvalue weighted by Crippen LogP contribution is -2.32. The topological polar surface area (TPSA) is 121 Å². The Morgan fingerprint density at radius 1 is 0.911 bits per heavy atom. The summed E-state index contributed by atoms with van der Waals surface area (Å²) >= 11 is 0. The maximum atomic E-state index is 14.5. The molecule has 45 heavy (non-hydrogen) atoms. The number of ether oxygens (including phenoxy) is 3. The van der Waals surface area contributed by atoms with E-state index < -0.39 is 29.8 Å². The van der Waals surface area contributed by atoms with Gasteiger partial charge in [-0.3, -0.25) is 14.5 Å². The molecule has 4 aromatic rings. The number of benzene rings is 2. The summed E-state index contributed by atoms with van der Waals surface area (Å²) in [6, 6.07) is 21.6. The monoisotopic (exact) mass is 606 g/mol. The van der Waals surface area contributed by atoms with Crippen LogP contribution in [0.3, 0.4) is 0 Å². The Balaban J connectivity index is 1.73. The van der Waals surface area contributed by atoms with Crippen LogP contribution >= 0.6 is 0 Å². The Labute approximate surface area is 261 Å². The van der Waals surface area contributed by atoms with Crippen LogP contribution in [-0.2, 0) is 19.1 Å². The number of methoxy groups -OCH3 is 1. The molecule has 0 radical (unpaired) electrons. The number of ketones is 1. The van der Waals surface area contributed by atoms with Gasteiger partial charge in [-0.05, 0) is 49.1 Å². The summed E-state index contributed by atoms with van der Waals surface area (Å²) in [5.74, 6) is -1.32. The van der Waals surface area contributed by atoms with Crippen LogP contribution < -0.4 is 9.64 Å². The van der Waals surface area contributed by atoms with Crippen molar-refractivity contribution >= 4 is 23.5 Å². The Morgan fingerprint density at radius 3 is 2.22 bits per heavy atom. The predicted octanol–water partition coefficient (Wildman–Crippen LogP) is 5.86. The normalized spacial score (nSPS) is 15.3. The molecular weight excluding hydrogens is 572 g/mol. The van der Waals surface area contributed by atoms with Crippen molar-refractivity contribution in [3.63, 3.8) is 0 Å². The first-order valence-corrected chi connectivity index (χ1v) is 14.6. The fourth-order valence-electron chi connectivity index (χ4n) is 5.08. The summed E-state index contributed by atoms with van der Waals surface area (Å²) in [4.78, 5) is 47.8. The Bertz CT molecular complexity index is 1700. The number of esters is 1. The lowest BCUT2D eigenvalue weighted by Gasteiger charge is -2.25. The molecule has 10 heteroatoms. The maximum absolute atomic E-state index is 14.5. The molecule has 1 aliphatic heterocycles. The minimum atomic E-state index is -1.33. The van der Waals surface area contributed by atoms with E-state index in [1.54, 1.807) is 79.9 Å². The van der Waals surface area contributed by atoms with Crippen molar-refractivity contribution in [1.29, 1.82) is 0 Å². The maximum Gasteiger partial charge on any atom is 0.351 e. The highest BCUT2D eigenvalue weighted by molar-refractivity contribution is 6.21. The zero-order valence-electron chi connectivity index (χ0n) is 25.8. The summed E-state index contributed by atoms with van der Waals surface area (Å²) in [6.45, 7) is 8.17. The second-order valence-corrected chi connectivity index (χ2v) is 10.8. The van der Waals surface area contributed by atoms with E-state index >= 15 is 0 Å². The molecule has 0 saturated carbocycles. The highest BCUT2D eigenvalue weighted by atomic mass is 16.6. The average molecular weight is 607 g/mol. The molecule has 230 valence electrons. The van der Waals surface area contributed by atoms with E-state index in [1.807, 2.05) is 19.1 Å². The van der Waals surface area contributed by atoms with Gasteiger partial charge in [0.25, 0.3) is 5.91 Å². The Kier molecular flexibility index (Phi) is 9.32. The number of hydrogen-bond donors (Lipinski definition) is 0. The number of carbonyl (C=O) groups is 3. The van der Waals surface area contributed by atoms with E-state index in [0.717, 1.165) is 5.56 Å². The fourth-order valence-corrected chi connectivity index (χ4v) is 5.08. The summed E-state index contributed by atoms with van der Waals surface area (Å²) < 4.78 is 16.9. The van der Waals surface area contributed by atoms with Crippen LogP contribution in [0.4, 0.5) is 5.82 Å². The average Bonchev–Trinajstić information content (AvgIpc) is 3.35. The van der Waals surface area contributed by atoms with Crippen molar-refractivity contribution in [3.05, 3.63) is 124 Å². The van der Waals surface area contributed by atoms with Gasteiger partial charge in [0.1, 0.15) is 0 Å². The zero-order chi connectivity index (χ0) is 32.1. The number of rotatable bonds is 11. The standard InChI is InChI=1S/C35H34N4O6/c1-6-44-28-19-17-26(20-36-28)30-29(31(40)24-15-13-23(14-16-24)21(2)3)33(34(41)39(30)27-18-12-22(4)37-38-27)45-32(35(42)43-5)25-10-8-7-9-11-25/h7-21,30,32H,6H2,1-5H3/t30-,32?/m0/s1. The number of Topliss-reactive ketones (excluding diaryl/α,β-unsaturated/α-hetero) is 1. The minimum absolute atomic E-state index is 0.0236. The Hall–Kier alpha value is -5.38. The first-order chi connectivity index (χ1) is 21.7. The first-order valence-electron chi connectivity index (χ1n) is 14.6. The molecule has 1 unspecified atom stereocenters. The largest absolute Gasteiger partial charge is 0.478 e. The minimum Gasteiger partial charge on any atom is -0.478 e. The third-order valence-corrected chi connectivity index (χ3v) is 7.42. The van der Waals surface area contributed by atoms with Crippen molar-refractivity contribution in [2.45, 2.75) is 45.8 Å². The predicted molar refractivity (Wildman–Crippen MR) is 167 cm³/mol. The van der Waals surface area contributed by atoms with Gasteiger partial charge in [0.2, 0.25) is 12.0 Å². The number of carbonyl (C=O) groups excluding carboxylic acids is 3. The summed E-state index contributed by atoms with van der Waals surface area (Å²) in [5.41, 5.74) is 3.02. The van der Waals surface area contributed by atoms with E-state index in [2.05, 4.69) is 29.0 Å². The number of pyridine rings is 1. The summed E-state index contributed by atoms with van der Waals surface area (Å²) in [5, 5.41) is 8.43. The van der Waals surface area contributed by atoms with Crippen molar-refractivity contribution in [3.8, 4) is 5.88 Å². The lowest BCUT2D eigenvalue weighted by molar-refractivity contribution is -0.152. The molecule has 0 saturated heterocycles. The van der Waals surface area contributed by atoms with Gasteiger partial charge in [-0.15, -0.1) is 5.10 Å². The van der Waals surface area contributed by atoms with Crippen LogP contribution in [0, 0.1) is 6.92 Å². The molecule has 2 atom stereocenters. The molecule has 0 N–H and O–H groups in total. The second-order valence-electron chi connectivity index (χ2n) is 10.8. The smallest absolute Gasteiger partial charge is 0.351 e. The molecular formula is C35H34N4O6. The number of aromatic nitrogens is 3. The third-order valence-electron chi connectivity index (χ3n) is 7.42. The van der Waals surface area contributed by atoms with Gasteiger partial charge in [-0.25, -0.2) is 9.78 Å². The van der Waals surface area contributed by atoms with Crippen LogP contribution in [0.2, 0.25) is 0 Å². The number of anilines is 1. The van der Waals surface area contributed by atoms with Crippen LogP contribution in [-0.4, -0.2) is 46.6 Å². The number of nitrogens with zero attached hydrogens (tertiary/aromatic N) is 4. The molecule has 1 aliphatic rings. The van der Waals surface area contributed by atoms with E-state index in [4.69, 9.17) is 14.2 Å². The van der Waals surface area contributed by atoms with Crippen molar-refractivity contribution in [2.75, 3.05) is 18.6 Å². The van der Waals surface area contributed by atoms with Crippen molar-refractivity contribution in [1.82, 2.24) is 15.2 Å². The molecule has 0 bridgehead atoms. The van der Waals surface area contributed by atoms with Crippen LogP contribution in [0.5, 0.6) is 5.88 Å². The summed E-state index contributed by atoms with van der Waals surface area (Å²) in [7, 11) is 1.23. The van der Waals surface area contributed by atoms with Crippen molar-refractivity contribution < 1.29 is 28.6 Å². The fraction of sp³-hybridized carbons (Fsp3) is 0.257. The summed E-state index contributed by atoms with van der Waals surface area (Å²) in [6.07, 6.45) is 0.217. The first kappa shape index (κ1) is 31.1. The molecule has 5 rings (SSSR count). The van der Waals surface area contributed by atoms with Gasteiger partial charge in [0.05, 0.1) is 31.0 Å². The quantitative estimate of drug-likeness (QED) is 0.153. The SMILES string of the molecule is CCOc1ccc([C@H]2C(C(=O)c3ccc(C(C)C)cc3)=C(OC(C(=O)OC)c3ccccc3)C(=O)N2c2ccc(C)nn2)cn1. The van der Waals surface area contributed by atoms with Gasteiger partial charge in [0, 0.05) is 23.4 Å². The van der Waals surface area contributed by atoms with Crippen LogP contribution in [0.15, 0.2) is 96.4 Å². The molecule has 3 heterocycles. The van der Waals surface area contributed by atoms with Crippen LogP contribution in [0.1, 0.15) is 71.6 Å². The molecule has 0 aliphatic carbocycles. The van der Waals surface area contributed by atoms with Crippen molar-refractivity contribution in [2.24, 2.45) is 0 Å². The highest BCUT2D eigenvalue weighted by Gasteiger charge is 2.48. The molecule has 10 nitrogen and oxygen atoms in total. The zero-order valence-corrected chi connectivity index (χ0v) is 25.8. The highest BCUT2D eigenvalue weighted by Crippen LogP contribution is 2.44. The van der Waals surface area contributed by atoms with Crippen LogP contribution in [0.25, 0.3) is 0 Å². The number of aryl methyl sites for hydroxylation is 1. The number of hydrogen-bond acceptors (Lipinski definition) is 9. The molecule has 0 spiro atoms. The van der Waals surface area contributed by atoms with Gasteiger partial charge in [0.15, 0.2) is 17.4 Å². The molecule has 0 fully saturated rings. The van der Waals surface area contributed by atoms with E-state index in [-0.39, 0.29) is 23.1 Å². The van der Waals surface area contributed by atoms with E-state index in [9.17, 15) is 14.4 Å². The molecule has 1 amide bonds. The molecule has 2 aromatic heterocycles. The second kappa shape index (κ2) is 13.5. The lowest BCUT2D eigenvalue weighted by atomic mass is 9.92. The number of amides is 1. The Morgan fingerprint density at radius 2 is 1.64 bits per heavy atom. The molecule has 2 aromatic carbocycles. The van der Waals surface area contributed by atoms with Gasteiger partial charge >= 0.3 is 5.97 Å². The van der Waals surface area contributed by atoms with E-state index in [0.29, 0.717) is 34.9 Å². The van der Waals surface area contributed by atoms with Gasteiger partial charge in [-0.2, -0.15) is 5.10 Å².